The molecule has 1 heterocycles. The molecule has 2 aliphatic carbocycles. The highest BCUT2D eigenvalue weighted by molar-refractivity contribution is 7.13. The Bertz CT molecular complexity index is 513. The minimum atomic E-state index is 0.277. The molecule has 4 nitrogen and oxygen atoms in total. The summed E-state index contributed by atoms with van der Waals surface area (Å²) in [5.74, 6) is 0.794. The minimum absolute atomic E-state index is 0.277. The van der Waals surface area contributed by atoms with Gasteiger partial charge in [-0.05, 0) is 30.6 Å². The topological polar surface area (TPSA) is 47.0 Å². The summed E-state index contributed by atoms with van der Waals surface area (Å²) in [7, 11) is 0. The Morgan fingerprint density at radius 1 is 1.33 bits per heavy atom. The molecule has 1 aromatic heterocycles. The van der Waals surface area contributed by atoms with E-state index >= 15 is 0 Å². The second-order valence-electron chi connectivity index (χ2n) is 7.71. The molecule has 1 N–H and O–H groups in total. The van der Waals surface area contributed by atoms with Crippen molar-refractivity contribution in [2.24, 2.45) is 16.7 Å². The number of hydrogen-bond donors (Lipinski definition) is 1. The zero-order valence-electron chi connectivity index (χ0n) is 13.8. The predicted molar refractivity (Wildman–Crippen MR) is 85.5 cm³/mol. The molecule has 3 rings (SSSR count). The largest absolute Gasteiger partial charge is 0.465 e. The first kappa shape index (κ1) is 15.2. The molecule has 2 fully saturated rings. The zero-order chi connectivity index (χ0) is 15.3. The van der Waals surface area contributed by atoms with Crippen LogP contribution >= 0.6 is 11.3 Å². The number of aromatic nitrogens is 2. The van der Waals surface area contributed by atoms with Crippen molar-refractivity contribution in [3.05, 3.63) is 5.01 Å². The molecule has 0 amide bonds. The average Bonchev–Trinajstić information content (AvgIpc) is 2.99. The van der Waals surface area contributed by atoms with Gasteiger partial charge in [0.1, 0.15) is 11.1 Å². The van der Waals surface area contributed by atoms with Crippen LogP contribution in [0.4, 0.5) is 0 Å². The zero-order valence-corrected chi connectivity index (χ0v) is 14.6. The van der Waals surface area contributed by atoms with E-state index in [2.05, 4.69) is 50.1 Å². The van der Waals surface area contributed by atoms with Crippen LogP contribution in [-0.4, -0.2) is 22.3 Å². The molecule has 3 atom stereocenters. The van der Waals surface area contributed by atoms with Gasteiger partial charge in [-0.2, -0.15) is 0 Å². The minimum Gasteiger partial charge on any atom is -0.465 e. The second-order valence-corrected chi connectivity index (χ2v) is 8.74. The molecule has 2 bridgehead atoms. The lowest BCUT2D eigenvalue weighted by molar-refractivity contribution is 0.0296. The maximum absolute atomic E-state index is 6.25. The van der Waals surface area contributed by atoms with Crippen LogP contribution < -0.4 is 10.1 Å². The van der Waals surface area contributed by atoms with Gasteiger partial charge in [-0.3, -0.25) is 0 Å². The number of nitrogens with one attached hydrogen (secondary N) is 1. The summed E-state index contributed by atoms with van der Waals surface area (Å²) in [4.78, 5) is 0. The van der Waals surface area contributed by atoms with Crippen molar-refractivity contribution in [3.63, 3.8) is 0 Å². The monoisotopic (exact) mass is 309 g/mol. The van der Waals surface area contributed by atoms with E-state index in [1.54, 1.807) is 11.3 Å². The van der Waals surface area contributed by atoms with E-state index in [0.29, 0.717) is 17.6 Å². The summed E-state index contributed by atoms with van der Waals surface area (Å²) < 4.78 is 6.25. The summed E-state index contributed by atoms with van der Waals surface area (Å²) in [5, 5.41) is 13.6. The summed E-state index contributed by atoms with van der Waals surface area (Å²) in [6.07, 6.45) is 4.09. The molecule has 5 heteroatoms. The van der Waals surface area contributed by atoms with Gasteiger partial charge in [-0.1, -0.05) is 51.1 Å². The molecule has 3 unspecified atom stereocenters. The number of fused-ring (bicyclic) bond motifs is 2. The van der Waals surface area contributed by atoms with Gasteiger partial charge in [0.05, 0.1) is 6.54 Å². The third kappa shape index (κ3) is 2.48. The fourth-order valence-electron chi connectivity index (χ4n) is 4.08. The third-order valence-corrected chi connectivity index (χ3v) is 6.88. The average molecular weight is 309 g/mol. The highest BCUT2D eigenvalue weighted by atomic mass is 32.1. The van der Waals surface area contributed by atoms with E-state index in [1.807, 2.05) is 0 Å². The van der Waals surface area contributed by atoms with Crippen molar-refractivity contribution < 1.29 is 4.74 Å². The molecule has 2 saturated carbocycles. The Balaban J connectivity index is 1.66. The van der Waals surface area contributed by atoms with Gasteiger partial charge in [0, 0.05) is 11.5 Å². The van der Waals surface area contributed by atoms with Crippen LogP contribution in [0.15, 0.2) is 0 Å². The maximum atomic E-state index is 6.25. The van der Waals surface area contributed by atoms with Crippen LogP contribution in [0.2, 0.25) is 0 Å². The van der Waals surface area contributed by atoms with Crippen molar-refractivity contribution in [2.75, 3.05) is 0 Å². The summed E-state index contributed by atoms with van der Waals surface area (Å²) in [5.41, 5.74) is 0.657. The van der Waals surface area contributed by atoms with Crippen LogP contribution in [0, 0.1) is 16.7 Å². The Morgan fingerprint density at radius 2 is 2.10 bits per heavy atom. The molecule has 0 spiro atoms. The molecule has 0 saturated heterocycles. The van der Waals surface area contributed by atoms with Crippen LogP contribution in [0.3, 0.4) is 0 Å². The van der Waals surface area contributed by atoms with Crippen LogP contribution in [0.25, 0.3) is 0 Å². The Morgan fingerprint density at radius 3 is 2.67 bits per heavy atom. The van der Waals surface area contributed by atoms with Gasteiger partial charge in [0.25, 0.3) is 5.19 Å². The third-order valence-electron chi connectivity index (χ3n) is 6.07. The van der Waals surface area contributed by atoms with Gasteiger partial charge in [-0.15, -0.1) is 5.10 Å². The van der Waals surface area contributed by atoms with E-state index < -0.39 is 0 Å². The fourth-order valence-corrected chi connectivity index (χ4v) is 4.76. The highest BCUT2D eigenvalue weighted by Gasteiger charge is 2.62. The van der Waals surface area contributed by atoms with E-state index in [9.17, 15) is 0 Å². The molecule has 0 aromatic carbocycles. The maximum Gasteiger partial charge on any atom is 0.294 e. The van der Waals surface area contributed by atoms with E-state index in [1.165, 1.54) is 19.3 Å². The van der Waals surface area contributed by atoms with Gasteiger partial charge in [-0.25, -0.2) is 0 Å². The van der Waals surface area contributed by atoms with Crippen LogP contribution in [0.1, 0.15) is 58.9 Å². The van der Waals surface area contributed by atoms with Gasteiger partial charge in [0.2, 0.25) is 0 Å². The number of ether oxygens (including phenoxy) is 1. The first-order valence-electron chi connectivity index (χ1n) is 8.05. The van der Waals surface area contributed by atoms with E-state index in [0.717, 1.165) is 22.7 Å². The van der Waals surface area contributed by atoms with Crippen molar-refractivity contribution in [1.29, 1.82) is 0 Å². The van der Waals surface area contributed by atoms with E-state index in [4.69, 9.17) is 4.74 Å². The normalized spacial score (nSPS) is 33.8. The van der Waals surface area contributed by atoms with Gasteiger partial charge in [0.15, 0.2) is 0 Å². The van der Waals surface area contributed by atoms with Crippen molar-refractivity contribution in [3.8, 4) is 5.19 Å². The Hall–Kier alpha value is -0.680. The number of hydrogen-bond acceptors (Lipinski definition) is 5. The molecule has 1 aromatic rings. The standard InChI is InChI=1S/C16H27N3OS/c1-10(2)17-9-13-18-19-14(21-13)20-12-8-11-6-7-16(12,5)15(11,3)4/h10-12,17H,6-9H2,1-5H3. The van der Waals surface area contributed by atoms with Crippen molar-refractivity contribution >= 4 is 11.3 Å². The summed E-state index contributed by atoms with van der Waals surface area (Å²) in [6, 6.07) is 0.462. The van der Waals surface area contributed by atoms with Crippen molar-refractivity contribution in [1.82, 2.24) is 15.5 Å². The molecule has 21 heavy (non-hydrogen) atoms. The lowest BCUT2D eigenvalue weighted by atomic mass is 9.70. The Labute approximate surface area is 131 Å². The Kier molecular flexibility index (Phi) is 3.77. The molecule has 0 aliphatic heterocycles. The fraction of sp³-hybridized carbons (Fsp3) is 0.875. The molecule has 0 radical (unpaired) electrons. The smallest absolute Gasteiger partial charge is 0.294 e. The molecule has 118 valence electrons. The van der Waals surface area contributed by atoms with Gasteiger partial charge >= 0.3 is 0 Å². The molecule has 2 aliphatic rings. The lowest BCUT2D eigenvalue weighted by Crippen LogP contribution is -2.38. The molecular weight excluding hydrogens is 282 g/mol. The number of rotatable bonds is 5. The van der Waals surface area contributed by atoms with Gasteiger partial charge < -0.3 is 10.1 Å². The van der Waals surface area contributed by atoms with Crippen LogP contribution in [-0.2, 0) is 6.54 Å². The highest BCUT2D eigenvalue weighted by Crippen LogP contribution is 2.66. The summed E-state index contributed by atoms with van der Waals surface area (Å²) in [6.45, 7) is 12.3. The van der Waals surface area contributed by atoms with Crippen molar-refractivity contribution in [2.45, 2.75) is 72.6 Å². The number of nitrogens with zero attached hydrogens (tertiary/aromatic N) is 2. The predicted octanol–water partition coefficient (Wildman–Crippen LogP) is 3.63. The quantitative estimate of drug-likeness (QED) is 0.902. The van der Waals surface area contributed by atoms with Crippen LogP contribution in [0.5, 0.6) is 5.19 Å². The van der Waals surface area contributed by atoms with E-state index in [-0.39, 0.29) is 5.41 Å². The molecular formula is C16H27N3OS. The first-order valence-corrected chi connectivity index (χ1v) is 8.87. The summed E-state index contributed by atoms with van der Waals surface area (Å²) >= 11 is 1.58. The first-order chi connectivity index (χ1) is 9.83. The SMILES string of the molecule is CC(C)NCc1nnc(OC2CC3CCC2(C)C3(C)C)s1. The lowest BCUT2D eigenvalue weighted by Gasteiger charge is -2.38. The second kappa shape index (κ2) is 5.20.